The molecule has 1 aromatic heterocycles. The fraction of sp³-hybridized carbons (Fsp3) is 0.0714. The topological polar surface area (TPSA) is 60.5 Å². The molecule has 33 heavy (non-hydrogen) atoms. The van der Waals surface area contributed by atoms with Crippen molar-refractivity contribution in [1.82, 2.24) is 4.98 Å². The van der Waals surface area contributed by atoms with E-state index in [0.29, 0.717) is 22.8 Å². The number of amides is 1. The van der Waals surface area contributed by atoms with Crippen LogP contribution in [0, 0.1) is 0 Å². The van der Waals surface area contributed by atoms with Crippen LogP contribution >= 0.6 is 0 Å². The van der Waals surface area contributed by atoms with Crippen molar-refractivity contribution < 1.29 is 14.3 Å². The zero-order valence-corrected chi connectivity index (χ0v) is 18.3. The first kappa shape index (κ1) is 20.5. The Balaban J connectivity index is 1.61. The van der Waals surface area contributed by atoms with Crippen LogP contribution in [-0.4, -0.2) is 25.1 Å². The Morgan fingerprint density at radius 1 is 0.758 bits per heavy atom. The van der Waals surface area contributed by atoms with Crippen molar-refractivity contribution in [3.05, 3.63) is 96.6 Å². The van der Waals surface area contributed by atoms with Crippen molar-refractivity contribution >= 4 is 33.3 Å². The van der Waals surface area contributed by atoms with E-state index in [1.54, 1.807) is 14.2 Å². The van der Waals surface area contributed by atoms with E-state index in [2.05, 4.69) is 5.32 Å². The molecule has 0 radical (unpaired) electrons. The molecule has 0 aliphatic rings. The maximum absolute atomic E-state index is 13.5. The Bertz CT molecular complexity index is 1490. The molecule has 4 aromatic carbocycles. The minimum absolute atomic E-state index is 0.188. The summed E-state index contributed by atoms with van der Waals surface area (Å²) in [5.41, 5.74) is 3.58. The van der Waals surface area contributed by atoms with E-state index in [-0.39, 0.29) is 5.91 Å². The van der Waals surface area contributed by atoms with Gasteiger partial charge in [-0.3, -0.25) is 4.79 Å². The zero-order chi connectivity index (χ0) is 22.8. The largest absolute Gasteiger partial charge is 0.493 e. The zero-order valence-electron chi connectivity index (χ0n) is 18.3. The summed E-state index contributed by atoms with van der Waals surface area (Å²) in [5, 5.41) is 5.96. The summed E-state index contributed by atoms with van der Waals surface area (Å²) in [4.78, 5) is 18.3. The van der Waals surface area contributed by atoms with Gasteiger partial charge >= 0.3 is 0 Å². The molecule has 0 saturated heterocycles. The van der Waals surface area contributed by atoms with E-state index in [0.717, 1.165) is 32.9 Å². The lowest BCUT2D eigenvalue weighted by molar-refractivity contribution is 0.102. The monoisotopic (exact) mass is 434 g/mol. The second-order valence-electron chi connectivity index (χ2n) is 7.62. The summed E-state index contributed by atoms with van der Waals surface area (Å²) in [6.45, 7) is 0. The molecular formula is C28H22N2O3. The summed E-state index contributed by atoms with van der Waals surface area (Å²) in [5.74, 6) is 1.05. The minimum atomic E-state index is -0.188. The van der Waals surface area contributed by atoms with Crippen LogP contribution in [0.3, 0.4) is 0 Å². The molecule has 0 saturated carbocycles. The van der Waals surface area contributed by atoms with Crippen LogP contribution in [0.2, 0.25) is 0 Å². The van der Waals surface area contributed by atoms with Gasteiger partial charge in [0.15, 0.2) is 11.5 Å². The van der Waals surface area contributed by atoms with Gasteiger partial charge in [-0.2, -0.15) is 0 Å². The number of rotatable bonds is 5. The highest BCUT2D eigenvalue weighted by atomic mass is 16.5. The van der Waals surface area contributed by atoms with Gasteiger partial charge in [0.25, 0.3) is 5.91 Å². The van der Waals surface area contributed by atoms with Crippen LogP contribution in [0.1, 0.15) is 10.4 Å². The SMILES string of the molecule is COc1ccc(-c2cc(C(=O)Nc3cccc4ccccc34)c3ccccc3n2)cc1OC. The average molecular weight is 434 g/mol. The summed E-state index contributed by atoms with van der Waals surface area (Å²) in [6, 6.07) is 29.0. The Labute approximate surface area is 191 Å². The molecule has 5 heteroatoms. The molecule has 0 aliphatic heterocycles. The number of hydrogen-bond donors (Lipinski definition) is 1. The highest BCUT2D eigenvalue weighted by molar-refractivity contribution is 6.15. The van der Waals surface area contributed by atoms with Gasteiger partial charge in [-0.05, 0) is 41.8 Å². The van der Waals surface area contributed by atoms with Crippen LogP contribution in [0.15, 0.2) is 91.0 Å². The third-order valence-electron chi connectivity index (χ3n) is 5.68. The first-order valence-electron chi connectivity index (χ1n) is 10.6. The molecule has 0 spiro atoms. The maximum Gasteiger partial charge on any atom is 0.256 e. The fourth-order valence-electron chi connectivity index (χ4n) is 4.03. The highest BCUT2D eigenvalue weighted by Gasteiger charge is 2.16. The smallest absolute Gasteiger partial charge is 0.256 e. The van der Waals surface area contributed by atoms with Crippen LogP contribution in [-0.2, 0) is 0 Å². The normalized spacial score (nSPS) is 10.8. The number of pyridine rings is 1. The quantitative estimate of drug-likeness (QED) is 0.351. The molecule has 0 unspecified atom stereocenters. The molecule has 0 aliphatic carbocycles. The average Bonchev–Trinajstić information content (AvgIpc) is 2.87. The number of anilines is 1. The molecule has 0 bridgehead atoms. The fourth-order valence-corrected chi connectivity index (χ4v) is 4.03. The van der Waals surface area contributed by atoms with Gasteiger partial charge in [-0.15, -0.1) is 0 Å². The van der Waals surface area contributed by atoms with E-state index in [1.807, 2.05) is 91.0 Å². The third-order valence-corrected chi connectivity index (χ3v) is 5.68. The summed E-state index contributed by atoms with van der Waals surface area (Å²) in [7, 11) is 3.19. The van der Waals surface area contributed by atoms with Crippen LogP contribution in [0.5, 0.6) is 11.5 Å². The molecule has 1 heterocycles. The standard InChI is InChI=1S/C28H22N2O3/c1-32-26-15-14-19(16-27(26)33-2)25-17-22(21-11-5-6-12-24(21)29-25)28(31)30-23-13-7-9-18-8-3-4-10-20(18)23/h3-17H,1-2H3,(H,30,31). The van der Waals surface area contributed by atoms with E-state index in [1.165, 1.54) is 0 Å². The first-order chi connectivity index (χ1) is 16.2. The number of ether oxygens (including phenoxy) is 2. The van der Waals surface area contributed by atoms with Crippen LogP contribution < -0.4 is 14.8 Å². The predicted molar refractivity (Wildman–Crippen MR) is 132 cm³/mol. The number of carbonyl (C=O) groups excluding carboxylic acids is 1. The number of hydrogen-bond acceptors (Lipinski definition) is 4. The van der Waals surface area contributed by atoms with E-state index >= 15 is 0 Å². The van der Waals surface area contributed by atoms with Crippen LogP contribution in [0.25, 0.3) is 32.9 Å². The molecule has 5 aromatic rings. The van der Waals surface area contributed by atoms with Gasteiger partial charge < -0.3 is 14.8 Å². The molecule has 0 fully saturated rings. The van der Waals surface area contributed by atoms with E-state index in [9.17, 15) is 4.79 Å². The Kier molecular flexibility index (Phi) is 5.37. The molecule has 1 amide bonds. The number of methoxy groups -OCH3 is 2. The number of para-hydroxylation sites is 1. The number of nitrogens with one attached hydrogen (secondary N) is 1. The van der Waals surface area contributed by atoms with Crippen molar-refractivity contribution in [3.63, 3.8) is 0 Å². The Hall–Kier alpha value is -4.38. The number of carbonyl (C=O) groups is 1. The second kappa shape index (κ2) is 8.63. The van der Waals surface area contributed by atoms with Gasteiger partial charge in [-0.25, -0.2) is 4.98 Å². The maximum atomic E-state index is 13.5. The van der Waals surface area contributed by atoms with E-state index in [4.69, 9.17) is 14.5 Å². The lowest BCUT2D eigenvalue weighted by Crippen LogP contribution is -2.13. The molecule has 0 atom stereocenters. The van der Waals surface area contributed by atoms with Crippen molar-refractivity contribution in [2.75, 3.05) is 19.5 Å². The first-order valence-corrected chi connectivity index (χ1v) is 10.6. The molecule has 1 N–H and O–H groups in total. The summed E-state index contributed by atoms with van der Waals surface area (Å²) in [6.07, 6.45) is 0. The molecule has 5 rings (SSSR count). The molecular weight excluding hydrogens is 412 g/mol. The van der Waals surface area contributed by atoms with Gasteiger partial charge in [0.1, 0.15) is 0 Å². The van der Waals surface area contributed by atoms with Crippen molar-refractivity contribution in [2.24, 2.45) is 0 Å². The van der Waals surface area contributed by atoms with Crippen molar-refractivity contribution in [3.8, 4) is 22.8 Å². The highest BCUT2D eigenvalue weighted by Crippen LogP contribution is 2.33. The second-order valence-corrected chi connectivity index (χ2v) is 7.62. The van der Waals surface area contributed by atoms with Gasteiger partial charge in [0.2, 0.25) is 0 Å². The Morgan fingerprint density at radius 3 is 2.30 bits per heavy atom. The number of nitrogens with zero attached hydrogens (tertiary/aromatic N) is 1. The summed E-state index contributed by atoms with van der Waals surface area (Å²) >= 11 is 0. The minimum Gasteiger partial charge on any atom is -0.493 e. The van der Waals surface area contributed by atoms with E-state index < -0.39 is 0 Å². The third kappa shape index (κ3) is 3.85. The Morgan fingerprint density at radius 2 is 1.48 bits per heavy atom. The summed E-state index contributed by atoms with van der Waals surface area (Å²) < 4.78 is 10.8. The lowest BCUT2D eigenvalue weighted by Gasteiger charge is -2.13. The number of fused-ring (bicyclic) bond motifs is 2. The van der Waals surface area contributed by atoms with Gasteiger partial charge in [0, 0.05) is 22.0 Å². The van der Waals surface area contributed by atoms with Gasteiger partial charge in [0.05, 0.1) is 31.0 Å². The van der Waals surface area contributed by atoms with Crippen molar-refractivity contribution in [2.45, 2.75) is 0 Å². The lowest BCUT2D eigenvalue weighted by atomic mass is 10.0. The number of aromatic nitrogens is 1. The van der Waals surface area contributed by atoms with Gasteiger partial charge in [-0.1, -0.05) is 54.6 Å². The predicted octanol–water partition coefficient (Wildman–Crippen LogP) is 6.32. The molecule has 162 valence electrons. The molecule has 5 nitrogen and oxygen atoms in total. The van der Waals surface area contributed by atoms with Crippen molar-refractivity contribution in [1.29, 1.82) is 0 Å². The number of benzene rings is 4. The van der Waals surface area contributed by atoms with Crippen LogP contribution in [0.4, 0.5) is 5.69 Å².